The van der Waals surface area contributed by atoms with E-state index in [-0.39, 0.29) is 23.0 Å². The second-order valence-electron chi connectivity index (χ2n) is 6.07. The third-order valence-corrected chi connectivity index (χ3v) is 6.43. The van der Waals surface area contributed by atoms with Crippen molar-refractivity contribution >= 4 is 27.4 Å². The van der Waals surface area contributed by atoms with Gasteiger partial charge in [-0.1, -0.05) is 17.7 Å². The molecule has 2 aromatic carbocycles. The molecule has 0 unspecified atom stereocenters. The Morgan fingerprint density at radius 3 is 2.31 bits per heavy atom. The lowest BCUT2D eigenvalue weighted by Crippen LogP contribution is -2.49. The fraction of sp³-hybridized carbons (Fsp3) is 0.278. The molecule has 2 aromatic rings. The van der Waals surface area contributed by atoms with E-state index in [1.807, 2.05) is 4.90 Å². The van der Waals surface area contributed by atoms with E-state index in [1.165, 1.54) is 40.7 Å². The molecule has 0 aliphatic carbocycles. The van der Waals surface area contributed by atoms with E-state index >= 15 is 0 Å². The molecule has 1 aliphatic rings. The number of ketones is 1. The Balaban J connectivity index is 1.60. The molecule has 0 radical (unpaired) electrons. The topological polar surface area (TPSA) is 57.7 Å². The van der Waals surface area contributed by atoms with Crippen LogP contribution in [0.2, 0.25) is 5.02 Å². The van der Waals surface area contributed by atoms with E-state index in [9.17, 15) is 17.6 Å². The van der Waals surface area contributed by atoms with E-state index in [1.54, 1.807) is 12.1 Å². The van der Waals surface area contributed by atoms with Gasteiger partial charge in [-0.15, -0.1) is 0 Å². The molecule has 0 aromatic heterocycles. The van der Waals surface area contributed by atoms with Crippen LogP contribution in [0.3, 0.4) is 0 Å². The van der Waals surface area contributed by atoms with Crippen LogP contribution in [0, 0.1) is 5.82 Å². The van der Waals surface area contributed by atoms with Crippen LogP contribution in [0.5, 0.6) is 0 Å². The number of hydrogen-bond acceptors (Lipinski definition) is 4. The molecule has 0 amide bonds. The van der Waals surface area contributed by atoms with Crippen molar-refractivity contribution in [1.82, 2.24) is 9.21 Å². The smallest absolute Gasteiger partial charge is 0.243 e. The molecule has 1 fully saturated rings. The van der Waals surface area contributed by atoms with Crippen molar-refractivity contribution in [2.24, 2.45) is 0 Å². The first kappa shape index (κ1) is 19.0. The minimum atomic E-state index is -3.60. The van der Waals surface area contributed by atoms with Gasteiger partial charge in [0.25, 0.3) is 0 Å². The van der Waals surface area contributed by atoms with Crippen LogP contribution in [-0.4, -0.2) is 56.1 Å². The summed E-state index contributed by atoms with van der Waals surface area (Å²) in [6.07, 6.45) is 0. The van der Waals surface area contributed by atoms with Gasteiger partial charge in [0, 0.05) is 36.8 Å². The van der Waals surface area contributed by atoms with Crippen LogP contribution < -0.4 is 0 Å². The van der Waals surface area contributed by atoms with Gasteiger partial charge in [0.2, 0.25) is 10.0 Å². The van der Waals surface area contributed by atoms with E-state index in [4.69, 9.17) is 11.6 Å². The van der Waals surface area contributed by atoms with Gasteiger partial charge in [0.15, 0.2) is 5.78 Å². The van der Waals surface area contributed by atoms with Crippen molar-refractivity contribution in [3.05, 3.63) is 64.9 Å². The molecule has 0 atom stereocenters. The molecule has 5 nitrogen and oxygen atoms in total. The van der Waals surface area contributed by atoms with Gasteiger partial charge in [-0.05, 0) is 42.5 Å². The SMILES string of the molecule is O=C(CN1CCN(S(=O)(=O)c2cccc(Cl)c2)CC1)c1ccc(F)cc1. The summed E-state index contributed by atoms with van der Waals surface area (Å²) in [4.78, 5) is 14.3. The summed E-state index contributed by atoms with van der Waals surface area (Å²) in [7, 11) is -3.60. The molecule has 26 heavy (non-hydrogen) atoms. The molecular weight excluding hydrogens is 379 g/mol. The molecule has 0 spiro atoms. The summed E-state index contributed by atoms with van der Waals surface area (Å²) in [5.74, 6) is -0.502. The maximum Gasteiger partial charge on any atom is 0.243 e. The number of sulfonamides is 1. The van der Waals surface area contributed by atoms with Crippen molar-refractivity contribution in [1.29, 1.82) is 0 Å². The predicted octanol–water partition coefficient (Wildman–Crippen LogP) is 2.67. The Hall–Kier alpha value is -1.80. The average Bonchev–Trinajstić information content (AvgIpc) is 2.62. The molecule has 8 heteroatoms. The number of Topliss-reactive ketones (excluding diaryl/α,β-unsaturated/α-hetero) is 1. The molecule has 1 saturated heterocycles. The van der Waals surface area contributed by atoms with Gasteiger partial charge in [-0.2, -0.15) is 4.31 Å². The Morgan fingerprint density at radius 1 is 1.04 bits per heavy atom. The lowest BCUT2D eigenvalue weighted by atomic mass is 10.1. The number of halogens is 2. The van der Waals surface area contributed by atoms with E-state index in [2.05, 4.69) is 0 Å². The van der Waals surface area contributed by atoms with Crippen LogP contribution in [0.4, 0.5) is 4.39 Å². The van der Waals surface area contributed by atoms with Crippen LogP contribution in [0.15, 0.2) is 53.4 Å². The fourth-order valence-electron chi connectivity index (χ4n) is 2.83. The summed E-state index contributed by atoms with van der Waals surface area (Å²) in [5, 5.41) is 0.370. The first-order valence-electron chi connectivity index (χ1n) is 8.13. The third kappa shape index (κ3) is 4.29. The second kappa shape index (κ2) is 7.84. The summed E-state index contributed by atoms with van der Waals surface area (Å²) in [5.41, 5.74) is 0.445. The summed E-state index contributed by atoms with van der Waals surface area (Å²) < 4.78 is 39.7. The van der Waals surface area contributed by atoms with E-state index in [0.717, 1.165) is 0 Å². The number of benzene rings is 2. The maximum atomic E-state index is 12.9. The zero-order valence-corrected chi connectivity index (χ0v) is 15.5. The fourth-order valence-corrected chi connectivity index (χ4v) is 4.56. The highest BCUT2D eigenvalue weighted by Crippen LogP contribution is 2.21. The van der Waals surface area contributed by atoms with Crippen molar-refractivity contribution in [2.75, 3.05) is 32.7 Å². The number of piperazine rings is 1. The average molecular weight is 397 g/mol. The lowest BCUT2D eigenvalue weighted by molar-refractivity contribution is 0.0901. The molecule has 138 valence electrons. The normalized spacial score (nSPS) is 16.5. The largest absolute Gasteiger partial charge is 0.293 e. The first-order valence-corrected chi connectivity index (χ1v) is 9.95. The van der Waals surface area contributed by atoms with E-state index in [0.29, 0.717) is 36.8 Å². The predicted molar refractivity (Wildman–Crippen MR) is 97.4 cm³/mol. The van der Waals surface area contributed by atoms with Gasteiger partial charge in [0.1, 0.15) is 5.82 Å². The number of nitrogens with zero attached hydrogens (tertiary/aromatic N) is 2. The molecular formula is C18H18ClFN2O3S. The first-order chi connectivity index (χ1) is 12.4. The monoisotopic (exact) mass is 396 g/mol. The molecule has 0 saturated carbocycles. The lowest BCUT2D eigenvalue weighted by Gasteiger charge is -2.33. The van der Waals surface area contributed by atoms with Crippen LogP contribution in [-0.2, 0) is 10.0 Å². The zero-order valence-electron chi connectivity index (χ0n) is 13.9. The van der Waals surface area contributed by atoms with Gasteiger partial charge in [-0.25, -0.2) is 12.8 Å². The van der Waals surface area contributed by atoms with Gasteiger partial charge in [0.05, 0.1) is 11.4 Å². The summed E-state index contributed by atoms with van der Waals surface area (Å²) in [6.45, 7) is 1.67. The Bertz CT molecular complexity index is 895. The minimum Gasteiger partial charge on any atom is -0.293 e. The van der Waals surface area contributed by atoms with Crippen LogP contribution in [0.25, 0.3) is 0 Å². The summed E-state index contributed by atoms with van der Waals surface area (Å²) in [6, 6.07) is 11.6. The quantitative estimate of drug-likeness (QED) is 0.729. The van der Waals surface area contributed by atoms with Crippen LogP contribution >= 0.6 is 11.6 Å². The minimum absolute atomic E-state index is 0.115. The van der Waals surface area contributed by atoms with Crippen molar-refractivity contribution in [3.8, 4) is 0 Å². The second-order valence-corrected chi connectivity index (χ2v) is 8.44. The van der Waals surface area contributed by atoms with Gasteiger partial charge in [-0.3, -0.25) is 9.69 Å². The number of rotatable bonds is 5. The molecule has 3 rings (SSSR count). The zero-order chi connectivity index (χ0) is 18.7. The molecule has 0 bridgehead atoms. The van der Waals surface area contributed by atoms with E-state index < -0.39 is 10.0 Å². The highest BCUT2D eigenvalue weighted by molar-refractivity contribution is 7.89. The number of hydrogen-bond donors (Lipinski definition) is 0. The Kier molecular flexibility index (Phi) is 5.72. The van der Waals surface area contributed by atoms with Crippen molar-refractivity contribution in [3.63, 3.8) is 0 Å². The van der Waals surface area contributed by atoms with Crippen molar-refractivity contribution < 1.29 is 17.6 Å². The molecule has 1 heterocycles. The van der Waals surface area contributed by atoms with Crippen LogP contribution in [0.1, 0.15) is 10.4 Å². The van der Waals surface area contributed by atoms with Gasteiger partial charge < -0.3 is 0 Å². The molecule has 1 aliphatic heterocycles. The van der Waals surface area contributed by atoms with Crippen molar-refractivity contribution in [2.45, 2.75) is 4.90 Å². The summed E-state index contributed by atoms with van der Waals surface area (Å²) >= 11 is 5.89. The van der Waals surface area contributed by atoms with Gasteiger partial charge >= 0.3 is 0 Å². The standard InChI is InChI=1S/C18H18ClFN2O3S/c19-15-2-1-3-17(12-15)26(24,25)22-10-8-21(9-11-22)13-18(23)14-4-6-16(20)7-5-14/h1-7,12H,8-11,13H2. The maximum absolute atomic E-state index is 12.9. The Morgan fingerprint density at radius 2 is 1.69 bits per heavy atom. The molecule has 0 N–H and O–H groups in total. The Labute approximate surface area is 157 Å². The number of carbonyl (C=O) groups is 1. The third-order valence-electron chi connectivity index (χ3n) is 4.30. The highest BCUT2D eigenvalue weighted by atomic mass is 35.5. The highest BCUT2D eigenvalue weighted by Gasteiger charge is 2.29. The number of carbonyl (C=O) groups excluding carboxylic acids is 1.